The van der Waals surface area contributed by atoms with Crippen molar-refractivity contribution in [3.05, 3.63) is 22.2 Å². The number of phenols is 2. The first kappa shape index (κ1) is 10.6. The van der Waals surface area contributed by atoms with E-state index in [1.165, 1.54) is 12.1 Å². The lowest BCUT2D eigenvalue weighted by molar-refractivity contribution is 0.399. The Balaban J connectivity index is 3.31. The molecule has 0 aromatic heterocycles. The van der Waals surface area contributed by atoms with E-state index in [1.807, 2.05) is 0 Å². The first-order valence-corrected chi connectivity index (χ1v) is 4.19. The van der Waals surface area contributed by atoms with Gasteiger partial charge in [0.2, 0.25) is 6.08 Å². The fourth-order valence-corrected chi connectivity index (χ4v) is 1.30. The highest BCUT2D eigenvalue weighted by atomic mass is 35.5. The number of hydrogen-bond donors (Lipinski definition) is 2. The van der Waals surface area contributed by atoms with Gasteiger partial charge in [0.05, 0.1) is 6.54 Å². The topological polar surface area (TPSA) is 69.9 Å². The third-order valence-electron chi connectivity index (χ3n) is 1.90. The Labute approximate surface area is 85.5 Å². The number of isocyanates is 1. The van der Waals surface area contributed by atoms with Crippen LogP contribution in [0.3, 0.4) is 0 Å². The molecule has 0 amide bonds. The van der Waals surface area contributed by atoms with Crippen LogP contribution in [0.5, 0.6) is 11.5 Å². The summed E-state index contributed by atoms with van der Waals surface area (Å²) in [5.74, 6) is -0.623. The van der Waals surface area contributed by atoms with Crippen LogP contribution >= 0.6 is 11.6 Å². The smallest absolute Gasteiger partial charge is 0.235 e. The molecule has 0 saturated carbocycles. The van der Waals surface area contributed by atoms with E-state index in [-0.39, 0.29) is 18.0 Å². The third kappa shape index (κ3) is 1.87. The van der Waals surface area contributed by atoms with Crippen LogP contribution in [0.25, 0.3) is 0 Å². The predicted octanol–water partition coefficient (Wildman–Crippen LogP) is 1.90. The first-order chi connectivity index (χ1) is 6.57. The second-order valence-electron chi connectivity index (χ2n) is 2.74. The zero-order valence-corrected chi connectivity index (χ0v) is 8.17. The quantitative estimate of drug-likeness (QED) is 0.448. The lowest BCUT2D eigenvalue weighted by atomic mass is 10.1. The van der Waals surface area contributed by atoms with Crippen LogP contribution in [0, 0.1) is 6.92 Å². The zero-order chi connectivity index (χ0) is 10.7. The maximum Gasteiger partial charge on any atom is 0.235 e. The number of rotatable bonds is 2. The SMILES string of the molecule is Cc1c(Cl)cc(O)c(O)c1CN=C=O. The van der Waals surface area contributed by atoms with Crippen LogP contribution < -0.4 is 0 Å². The highest BCUT2D eigenvalue weighted by Crippen LogP contribution is 2.36. The Morgan fingerprint density at radius 3 is 2.79 bits per heavy atom. The Kier molecular flexibility index (Phi) is 3.12. The van der Waals surface area contributed by atoms with Gasteiger partial charge in [-0.15, -0.1) is 0 Å². The molecule has 0 aliphatic heterocycles. The number of aliphatic imine (C=N–C) groups is 1. The molecule has 4 nitrogen and oxygen atoms in total. The van der Waals surface area contributed by atoms with Crippen molar-refractivity contribution in [3.8, 4) is 11.5 Å². The average molecular weight is 214 g/mol. The Bertz CT molecular complexity index is 385. The number of carbonyl (C=O) groups excluding carboxylic acids is 1. The molecule has 0 bridgehead atoms. The molecular weight excluding hydrogens is 206 g/mol. The van der Waals surface area contributed by atoms with Gasteiger partial charge in [-0.05, 0) is 12.5 Å². The molecular formula is C9H8ClNO3. The second-order valence-corrected chi connectivity index (χ2v) is 3.14. The largest absolute Gasteiger partial charge is 0.504 e. The summed E-state index contributed by atoms with van der Waals surface area (Å²) in [5.41, 5.74) is 0.916. The monoisotopic (exact) mass is 213 g/mol. The van der Waals surface area contributed by atoms with Gasteiger partial charge in [-0.25, -0.2) is 9.79 Å². The number of phenolic OH excluding ortho intramolecular Hbond substituents is 2. The van der Waals surface area contributed by atoms with Gasteiger partial charge < -0.3 is 10.2 Å². The van der Waals surface area contributed by atoms with Crippen LogP contribution in [-0.4, -0.2) is 16.3 Å². The summed E-state index contributed by atoms with van der Waals surface area (Å²) >= 11 is 5.76. The Morgan fingerprint density at radius 1 is 1.57 bits per heavy atom. The maximum absolute atomic E-state index is 9.90. The molecule has 0 heterocycles. The predicted molar refractivity (Wildman–Crippen MR) is 51.3 cm³/mol. The molecule has 0 aliphatic carbocycles. The van der Waals surface area contributed by atoms with Gasteiger partial charge in [0.25, 0.3) is 0 Å². The van der Waals surface area contributed by atoms with Gasteiger partial charge >= 0.3 is 0 Å². The van der Waals surface area contributed by atoms with Crippen LogP contribution in [0.15, 0.2) is 11.1 Å². The molecule has 1 aromatic rings. The van der Waals surface area contributed by atoms with E-state index in [9.17, 15) is 15.0 Å². The molecule has 14 heavy (non-hydrogen) atoms. The van der Waals surface area contributed by atoms with Crippen LogP contribution in [0.4, 0.5) is 0 Å². The Morgan fingerprint density at radius 2 is 2.21 bits per heavy atom. The molecule has 0 fully saturated rings. The first-order valence-electron chi connectivity index (χ1n) is 3.81. The van der Waals surface area contributed by atoms with Crippen molar-refractivity contribution in [2.75, 3.05) is 0 Å². The minimum Gasteiger partial charge on any atom is -0.504 e. The van der Waals surface area contributed by atoms with Crippen molar-refractivity contribution in [1.29, 1.82) is 0 Å². The van der Waals surface area contributed by atoms with Gasteiger partial charge in [0.1, 0.15) is 0 Å². The molecule has 0 radical (unpaired) electrons. The number of aromatic hydroxyl groups is 2. The molecule has 0 spiro atoms. The summed E-state index contributed by atoms with van der Waals surface area (Å²) in [5, 5.41) is 19.0. The van der Waals surface area contributed by atoms with Crippen molar-refractivity contribution in [2.24, 2.45) is 4.99 Å². The second kappa shape index (κ2) is 4.13. The summed E-state index contributed by atoms with van der Waals surface area (Å²) in [6.07, 6.45) is 1.35. The number of benzene rings is 1. The lowest BCUT2D eigenvalue weighted by Gasteiger charge is -2.08. The van der Waals surface area contributed by atoms with Crippen molar-refractivity contribution in [3.63, 3.8) is 0 Å². The van der Waals surface area contributed by atoms with E-state index >= 15 is 0 Å². The molecule has 2 N–H and O–H groups in total. The number of hydrogen-bond acceptors (Lipinski definition) is 4. The molecule has 0 saturated heterocycles. The van der Waals surface area contributed by atoms with Gasteiger partial charge in [-0.1, -0.05) is 11.6 Å². The van der Waals surface area contributed by atoms with Crippen molar-refractivity contribution in [2.45, 2.75) is 13.5 Å². The summed E-state index contributed by atoms with van der Waals surface area (Å²) in [4.78, 5) is 13.2. The fraction of sp³-hybridized carbons (Fsp3) is 0.222. The van der Waals surface area contributed by atoms with Gasteiger partial charge in [-0.3, -0.25) is 0 Å². The van der Waals surface area contributed by atoms with Crippen molar-refractivity contribution >= 4 is 17.7 Å². The fourth-order valence-electron chi connectivity index (χ4n) is 1.08. The summed E-state index contributed by atoms with van der Waals surface area (Å²) < 4.78 is 0. The van der Waals surface area contributed by atoms with E-state index in [1.54, 1.807) is 6.92 Å². The van der Waals surface area contributed by atoms with Crippen LogP contribution in [-0.2, 0) is 11.3 Å². The zero-order valence-electron chi connectivity index (χ0n) is 7.41. The number of halogens is 1. The van der Waals surface area contributed by atoms with E-state index in [2.05, 4.69) is 4.99 Å². The molecule has 74 valence electrons. The summed E-state index contributed by atoms with van der Waals surface area (Å²) in [7, 11) is 0. The lowest BCUT2D eigenvalue weighted by Crippen LogP contribution is -1.90. The summed E-state index contributed by atoms with van der Waals surface area (Å²) in [6.45, 7) is 1.62. The van der Waals surface area contributed by atoms with Crippen molar-refractivity contribution in [1.82, 2.24) is 0 Å². The molecule has 5 heteroatoms. The van der Waals surface area contributed by atoms with Crippen molar-refractivity contribution < 1.29 is 15.0 Å². The van der Waals surface area contributed by atoms with E-state index in [0.717, 1.165) is 0 Å². The third-order valence-corrected chi connectivity index (χ3v) is 2.30. The normalized spacial score (nSPS) is 9.57. The minimum atomic E-state index is -0.323. The standard InChI is InChI=1S/C9H8ClNO3/c1-5-6(3-11-4-12)9(14)8(13)2-7(5)10/h2,13-14H,3H2,1H3. The molecule has 1 rings (SSSR count). The maximum atomic E-state index is 9.90. The minimum absolute atomic E-state index is 0.0463. The summed E-state index contributed by atoms with van der Waals surface area (Å²) in [6, 6.07) is 1.24. The number of nitrogens with zero attached hydrogens (tertiary/aromatic N) is 1. The van der Waals surface area contributed by atoms with E-state index in [4.69, 9.17) is 11.6 Å². The average Bonchev–Trinajstić information content (AvgIpc) is 2.15. The van der Waals surface area contributed by atoms with Crippen LogP contribution in [0.2, 0.25) is 5.02 Å². The highest BCUT2D eigenvalue weighted by molar-refractivity contribution is 6.31. The van der Waals surface area contributed by atoms with Crippen LogP contribution in [0.1, 0.15) is 11.1 Å². The van der Waals surface area contributed by atoms with Gasteiger partial charge in [0.15, 0.2) is 11.5 Å². The highest BCUT2D eigenvalue weighted by Gasteiger charge is 2.12. The molecule has 0 atom stereocenters. The van der Waals surface area contributed by atoms with E-state index in [0.29, 0.717) is 16.1 Å². The molecule has 0 aliphatic rings. The molecule has 0 unspecified atom stereocenters. The Hall–Kier alpha value is -1.51. The molecule has 1 aromatic carbocycles. The van der Waals surface area contributed by atoms with Gasteiger partial charge in [0, 0.05) is 16.7 Å². The van der Waals surface area contributed by atoms with E-state index < -0.39 is 0 Å². The van der Waals surface area contributed by atoms with Gasteiger partial charge in [-0.2, -0.15) is 0 Å².